The Bertz CT molecular complexity index is 602. The van der Waals surface area contributed by atoms with Crippen LogP contribution in [0.5, 0.6) is 0 Å². The van der Waals surface area contributed by atoms with E-state index >= 15 is 0 Å². The third-order valence-corrected chi connectivity index (χ3v) is 4.31. The third-order valence-electron chi connectivity index (χ3n) is 3.24. The number of benzene rings is 1. The van der Waals surface area contributed by atoms with E-state index in [1.807, 2.05) is 12.1 Å². The van der Waals surface area contributed by atoms with Gasteiger partial charge in [0.25, 0.3) is 0 Å². The lowest BCUT2D eigenvalue weighted by atomic mass is 10.1. The van der Waals surface area contributed by atoms with Gasteiger partial charge in [-0.15, -0.1) is 0 Å². The van der Waals surface area contributed by atoms with Gasteiger partial charge < -0.3 is 4.90 Å². The molecule has 0 unspecified atom stereocenters. The summed E-state index contributed by atoms with van der Waals surface area (Å²) in [6, 6.07) is 8.32. The van der Waals surface area contributed by atoms with Gasteiger partial charge in [0.1, 0.15) is 0 Å². The first-order chi connectivity index (χ1) is 10.1. The SMILES string of the molecule is CCN(CC)c1nc(Cl)nc(SCc2ccccc2C)n1. The molecule has 0 fully saturated rings. The molecule has 1 aromatic carbocycles. The predicted octanol–water partition coefficient (Wildman–Crippen LogP) is 3.97. The van der Waals surface area contributed by atoms with Gasteiger partial charge in [0.05, 0.1) is 0 Å². The first kappa shape index (κ1) is 16.0. The molecule has 2 rings (SSSR count). The van der Waals surface area contributed by atoms with Gasteiger partial charge in [-0.1, -0.05) is 36.0 Å². The van der Waals surface area contributed by atoms with Crippen LogP contribution < -0.4 is 4.90 Å². The van der Waals surface area contributed by atoms with E-state index in [0.29, 0.717) is 11.1 Å². The largest absolute Gasteiger partial charge is 0.341 e. The fourth-order valence-electron chi connectivity index (χ4n) is 1.95. The Morgan fingerprint density at radius 2 is 1.81 bits per heavy atom. The maximum Gasteiger partial charge on any atom is 0.230 e. The standard InChI is InChI=1S/C15H19ClN4S/c1-4-20(5-2)14-17-13(16)18-15(19-14)21-10-12-9-7-6-8-11(12)3/h6-9H,4-5,10H2,1-3H3. The summed E-state index contributed by atoms with van der Waals surface area (Å²) in [6.07, 6.45) is 0. The van der Waals surface area contributed by atoms with Gasteiger partial charge >= 0.3 is 0 Å². The van der Waals surface area contributed by atoms with E-state index in [9.17, 15) is 0 Å². The van der Waals surface area contributed by atoms with Crippen molar-refractivity contribution in [3.05, 3.63) is 40.7 Å². The quantitative estimate of drug-likeness (QED) is 0.753. The summed E-state index contributed by atoms with van der Waals surface area (Å²) in [6.45, 7) is 7.94. The van der Waals surface area contributed by atoms with Crippen molar-refractivity contribution in [1.29, 1.82) is 0 Å². The first-order valence-corrected chi connectivity index (χ1v) is 8.34. The number of anilines is 1. The van der Waals surface area contributed by atoms with Gasteiger partial charge in [-0.05, 0) is 43.5 Å². The number of rotatable bonds is 6. The van der Waals surface area contributed by atoms with E-state index in [1.165, 1.54) is 11.1 Å². The lowest BCUT2D eigenvalue weighted by molar-refractivity contribution is 0.782. The minimum absolute atomic E-state index is 0.249. The summed E-state index contributed by atoms with van der Waals surface area (Å²) in [5.74, 6) is 1.47. The van der Waals surface area contributed by atoms with Gasteiger partial charge in [-0.2, -0.15) is 15.0 Å². The lowest BCUT2D eigenvalue weighted by Crippen LogP contribution is -2.24. The van der Waals surface area contributed by atoms with Crippen molar-refractivity contribution in [1.82, 2.24) is 15.0 Å². The van der Waals surface area contributed by atoms with Gasteiger partial charge in [0, 0.05) is 18.8 Å². The van der Waals surface area contributed by atoms with Gasteiger partial charge in [-0.3, -0.25) is 0 Å². The van der Waals surface area contributed by atoms with Crippen LogP contribution in [0.3, 0.4) is 0 Å². The summed E-state index contributed by atoms with van der Waals surface area (Å²) < 4.78 is 0. The van der Waals surface area contributed by atoms with Crippen molar-refractivity contribution in [3.63, 3.8) is 0 Å². The van der Waals surface area contributed by atoms with Crippen LogP contribution in [0.2, 0.25) is 5.28 Å². The van der Waals surface area contributed by atoms with Crippen LogP contribution in [-0.4, -0.2) is 28.0 Å². The van der Waals surface area contributed by atoms with Crippen molar-refractivity contribution in [2.45, 2.75) is 31.7 Å². The molecule has 112 valence electrons. The smallest absolute Gasteiger partial charge is 0.230 e. The van der Waals surface area contributed by atoms with E-state index in [0.717, 1.165) is 18.8 Å². The van der Waals surface area contributed by atoms with Crippen LogP contribution in [0.4, 0.5) is 5.95 Å². The molecule has 0 atom stereocenters. The number of thioether (sulfide) groups is 1. The molecular formula is C15H19ClN4S. The highest BCUT2D eigenvalue weighted by Gasteiger charge is 2.11. The van der Waals surface area contributed by atoms with Crippen molar-refractivity contribution in [2.24, 2.45) is 0 Å². The number of hydrogen-bond acceptors (Lipinski definition) is 5. The van der Waals surface area contributed by atoms with Crippen LogP contribution in [-0.2, 0) is 5.75 Å². The highest BCUT2D eigenvalue weighted by molar-refractivity contribution is 7.98. The minimum Gasteiger partial charge on any atom is -0.341 e. The molecule has 4 nitrogen and oxygen atoms in total. The van der Waals surface area contributed by atoms with Crippen LogP contribution in [0.25, 0.3) is 0 Å². The molecule has 0 bridgehead atoms. The summed E-state index contributed by atoms with van der Waals surface area (Å²) in [7, 11) is 0. The Morgan fingerprint density at radius 1 is 1.10 bits per heavy atom. The molecule has 0 N–H and O–H groups in total. The highest BCUT2D eigenvalue weighted by atomic mass is 35.5. The Hall–Kier alpha value is -1.33. The van der Waals surface area contributed by atoms with Gasteiger partial charge in [0.2, 0.25) is 11.2 Å². The highest BCUT2D eigenvalue weighted by Crippen LogP contribution is 2.23. The number of aryl methyl sites for hydroxylation is 1. The second-order valence-electron chi connectivity index (χ2n) is 4.57. The molecule has 0 spiro atoms. The van der Waals surface area contributed by atoms with E-state index in [1.54, 1.807) is 11.8 Å². The monoisotopic (exact) mass is 322 g/mol. The topological polar surface area (TPSA) is 41.9 Å². The first-order valence-electron chi connectivity index (χ1n) is 6.97. The molecule has 0 aliphatic heterocycles. The minimum atomic E-state index is 0.249. The number of halogens is 1. The molecule has 0 aliphatic rings. The van der Waals surface area contributed by atoms with Crippen LogP contribution in [0.1, 0.15) is 25.0 Å². The van der Waals surface area contributed by atoms with Crippen molar-refractivity contribution in [2.75, 3.05) is 18.0 Å². The van der Waals surface area contributed by atoms with Crippen molar-refractivity contribution >= 4 is 29.3 Å². The van der Waals surface area contributed by atoms with E-state index in [-0.39, 0.29) is 5.28 Å². The summed E-state index contributed by atoms with van der Waals surface area (Å²) in [4.78, 5) is 15.0. The fraction of sp³-hybridized carbons (Fsp3) is 0.400. The molecule has 0 aliphatic carbocycles. The fourth-order valence-corrected chi connectivity index (χ4v) is 3.06. The molecular weight excluding hydrogens is 304 g/mol. The van der Waals surface area contributed by atoms with E-state index in [2.05, 4.69) is 52.8 Å². The zero-order valence-corrected chi connectivity index (χ0v) is 14.1. The molecule has 0 radical (unpaired) electrons. The Morgan fingerprint density at radius 3 is 2.48 bits per heavy atom. The number of hydrogen-bond donors (Lipinski definition) is 0. The molecule has 0 amide bonds. The number of aromatic nitrogens is 3. The molecule has 6 heteroatoms. The Kier molecular flexibility index (Phi) is 5.82. The van der Waals surface area contributed by atoms with Crippen molar-refractivity contribution < 1.29 is 0 Å². The lowest BCUT2D eigenvalue weighted by Gasteiger charge is -2.18. The summed E-state index contributed by atoms with van der Waals surface area (Å²) in [5.41, 5.74) is 2.55. The molecule has 2 aromatic rings. The van der Waals surface area contributed by atoms with Crippen molar-refractivity contribution in [3.8, 4) is 0 Å². The van der Waals surface area contributed by atoms with E-state index in [4.69, 9.17) is 11.6 Å². The van der Waals surface area contributed by atoms with Gasteiger partial charge in [-0.25, -0.2) is 0 Å². The second-order valence-corrected chi connectivity index (χ2v) is 5.86. The summed E-state index contributed by atoms with van der Waals surface area (Å²) in [5, 5.41) is 0.916. The Balaban J connectivity index is 2.15. The Labute approximate surface area is 135 Å². The summed E-state index contributed by atoms with van der Waals surface area (Å²) >= 11 is 7.60. The van der Waals surface area contributed by atoms with Crippen LogP contribution in [0.15, 0.2) is 29.4 Å². The molecule has 0 saturated carbocycles. The van der Waals surface area contributed by atoms with E-state index < -0.39 is 0 Å². The average Bonchev–Trinajstić information content (AvgIpc) is 2.47. The zero-order chi connectivity index (χ0) is 15.2. The normalized spacial score (nSPS) is 10.7. The zero-order valence-electron chi connectivity index (χ0n) is 12.5. The second kappa shape index (κ2) is 7.61. The van der Waals surface area contributed by atoms with Crippen LogP contribution in [0, 0.1) is 6.92 Å². The molecule has 1 heterocycles. The average molecular weight is 323 g/mol. The van der Waals surface area contributed by atoms with Gasteiger partial charge in [0.15, 0.2) is 5.16 Å². The third kappa shape index (κ3) is 4.32. The molecule has 0 saturated heterocycles. The van der Waals surface area contributed by atoms with Crippen LogP contribution >= 0.6 is 23.4 Å². The maximum atomic E-state index is 6.02. The maximum absolute atomic E-state index is 6.02. The molecule has 21 heavy (non-hydrogen) atoms. The molecule has 1 aromatic heterocycles. The predicted molar refractivity (Wildman–Crippen MR) is 89.1 cm³/mol. The number of nitrogens with zero attached hydrogens (tertiary/aromatic N) is 4.